The third kappa shape index (κ3) is 2.81. The largest absolute Gasteiger partial charge is 0.476 e. The number of carboxylic acid groups (broad SMARTS) is 1. The predicted octanol–water partition coefficient (Wildman–Crippen LogP) is 0.202. The van der Waals surface area contributed by atoms with Crippen molar-refractivity contribution in [3.63, 3.8) is 0 Å². The lowest BCUT2D eigenvalue weighted by Crippen LogP contribution is -2.25. The Morgan fingerprint density at radius 1 is 1.48 bits per heavy atom. The zero-order valence-corrected chi connectivity index (χ0v) is 12.4. The highest BCUT2D eigenvalue weighted by Crippen LogP contribution is 2.17. The predicted molar refractivity (Wildman–Crippen MR) is 70.2 cm³/mol. The average molecular weight is 314 g/mol. The van der Waals surface area contributed by atoms with E-state index in [1.807, 2.05) is 0 Å². The molecule has 0 aliphatic carbocycles. The molecule has 2 heterocycles. The van der Waals surface area contributed by atoms with Gasteiger partial charge in [-0.1, -0.05) is 5.16 Å². The van der Waals surface area contributed by atoms with Crippen LogP contribution in [0.15, 0.2) is 15.6 Å². The maximum absolute atomic E-state index is 12.2. The van der Waals surface area contributed by atoms with E-state index >= 15 is 0 Å². The molecular weight excluding hydrogens is 300 g/mol. The van der Waals surface area contributed by atoms with Gasteiger partial charge in [0.05, 0.1) is 11.9 Å². The number of aromatic carboxylic acids is 1. The minimum Gasteiger partial charge on any atom is -0.476 e. The third-order valence-electron chi connectivity index (χ3n) is 3.02. The van der Waals surface area contributed by atoms with Gasteiger partial charge in [-0.25, -0.2) is 17.9 Å². The molecule has 2 aromatic rings. The first-order valence-corrected chi connectivity index (χ1v) is 7.39. The second kappa shape index (κ2) is 5.30. The van der Waals surface area contributed by atoms with E-state index in [-0.39, 0.29) is 11.4 Å². The summed E-state index contributed by atoms with van der Waals surface area (Å²) < 4.78 is 32.7. The van der Waals surface area contributed by atoms with Crippen LogP contribution in [0.4, 0.5) is 0 Å². The van der Waals surface area contributed by atoms with Gasteiger partial charge >= 0.3 is 5.97 Å². The molecule has 114 valence electrons. The van der Waals surface area contributed by atoms with Crippen LogP contribution in [0.1, 0.15) is 27.5 Å². The number of aromatic nitrogens is 3. The third-order valence-corrected chi connectivity index (χ3v) is 4.42. The summed E-state index contributed by atoms with van der Waals surface area (Å²) in [5.41, 5.74) is 0.778. The smallest absolute Gasteiger partial charge is 0.355 e. The fourth-order valence-electron chi connectivity index (χ4n) is 1.86. The number of aryl methyl sites for hydroxylation is 3. The lowest BCUT2D eigenvalue weighted by atomic mass is 10.2. The maximum Gasteiger partial charge on any atom is 0.355 e. The first-order chi connectivity index (χ1) is 9.74. The van der Waals surface area contributed by atoms with Crippen molar-refractivity contribution in [3.8, 4) is 0 Å². The second-order valence-corrected chi connectivity index (χ2v) is 6.15. The molecule has 10 heteroatoms. The number of sulfonamides is 1. The van der Waals surface area contributed by atoms with Gasteiger partial charge in [-0.2, -0.15) is 5.10 Å². The van der Waals surface area contributed by atoms with Crippen molar-refractivity contribution in [2.45, 2.75) is 25.3 Å². The zero-order chi connectivity index (χ0) is 15.8. The van der Waals surface area contributed by atoms with Gasteiger partial charge in [0.15, 0.2) is 5.69 Å². The lowest BCUT2D eigenvalue weighted by molar-refractivity contribution is 0.0680. The van der Waals surface area contributed by atoms with E-state index in [1.54, 1.807) is 13.8 Å². The Morgan fingerprint density at radius 2 is 2.14 bits per heavy atom. The monoisotopic (exact) mass is 314 g/mol. The molecule has 0 saturated carbocycles. The number of carboxylic acids is 1. The van der Waals surface area contributed by atoms with Crippen molar-refractivity contribution in [2.75, 3.05) is 0 Å². The van der Waals surface area contributed by atoms with Crippen LogP contribution in [0.5, 0.6) is 0 Å². The Bertz CT molecular complexity index is 770. The zero-order valence-electron chi connectivity index (χ0n) is 11.6. The van der Waals surface area contributed by atoms with E-state index in [0.717, 1.165) is 10.9 Å². The van der Waals surface area contributed by atoms with E-state index in [0.29, 0.717) is 17.0 Å². The van der Waals surface area contributed by atoms with Crippen molar-refractivity contribution < 1.29 is 22.8 Å². The first kappa shape index (κ1) is 15.2. The molecule has 0 aliphatic heterocycles. The molecule has 9 nitrogen and oxygen atoms in total. The van der Waals surface area contributed by atoms with Crippen LogP contribution < -0.4 is 4.72 Å². The molecular formula is C11H14N4O5S. The number of nitrogens with zero attached hydrogens (tertiary/aromatic N) is 3. The van der Waals surface area contributed by atoms with Gasteiger partial charge in [-0.3, -0.25) is 4.68 Å². The molecule has 0 saturated heterocycles. The van der Waals surface area contributed by atoms with Gasteiger partial charge < -0.3 is 9.63 Å². The minimum absolute atomic E-state index is 0.0442. The van der Waals surface area contributed by atoms with Crippen LogP contribution in [0.25, 0.3) is 0 Å². The summed E-state index contributed by atoms with van der Waals surface area (Å²) in [4.78, 5) is 10.7. The molecule has 2 rings (SSSR count). The van der Waals surface area contributed by atoms with Gasteiger partial charge in [0, 0.05) is 19.2 Å². The Balaban J connectivity index is 2.30. The van der Waals surface area contributed by atoms with E-state index in [9.17, 15) is 13.2 Å². The molecule has 0 bridgehead atoms. The molecule has 0 aliphatic rings. The summed E-state index contributed by atoms with van der Waals surface area (Å²) in [7, 11) is -2.65. The second-order valence-electron chi connectivity index (χ2n) is 4.41. The maximum atomic E-state index is 12.2. The number of nitrogens with one attached hydrogen (secondary N) is 1. The van der Waals surface area contributed by atoms with Crippen molar-refractivity contribution in [1.29, 1.82) is 0 Å². The molecule has 21 heavy (non-hydrogen) atoms. The Labute approximate surface area is 120 Å². The van der Waals surface area contributed by atoms with E-state index in [4.69, 9.17) is 9.63 Å². The van der Waals surface area contributed by atoms with Crippen LogP contribution >= 0.6 is 0 Å². The van der Waals surface area contributed by atoms with Crippen molar-refractivity contribution in [3.05, 3.63) is 28.9 Å². The Morgan fingerprint density at radius 3 is 2.67 bits per heavy atom. The quantitative estimate of drug-likeness (QED) is 0.807. The number of hydrogen-bond acceptors (Lipinski definition) is 6. The van der Waals surface area contributed by atoms with Crippen molar-refractivity contribution in [1.82, 2.24) is 19.7 Å². The molecule has 0 radical (unpaired) electrons. The normalized spacial score (nSPS) is 11.8. The first-order valence-electron chi connectivity index (χ1n) is 5.90. The Kier molecular flexibility index (Phi) is 3.83. The molecule has 2 aromatic heterocycles. The number of hydrogen-bond donors (Lipinski definition) is 2. The molecule has 0 amide bonds. The van der Waals surface area contributed by atoms with E-state index in [2.05, 4.69) is 15.0 Å². The average Bonchev–Trinajstić information content (AvgIpc) is 2.92. The highest BCUT2D eigenvalue weighted by molar-refractivity contribution is 7.89. The number of carbonyl (C=O) groups is 1. The summed E-state index contributed by atoms with van der Waals surface area (Å²) in [6.07, 6.45) is 0.999. The highest BCUT2D eigenvalue weighted by atomic mass is 32.2. The van der Waals surface area contributed by atoms with E-state index in [1.165, 1.54) is 7.05 Å². The molecule has 2 N–H and O–H groups in total. The summed E-state index contributed by atoms with van der Waals surface area (Å²) in [5.74, 6) is -0.868. The molecule has 0 aromatic carbocycles. The fraction of sp³-hybridized carbons (Fsp3) is 0.364. The highest BCUT2D eigenvalue weighted by Gasteiger charge is 2.27. The molecule has 0 fully saturated rings. The lowest BCUT2D eigenvalue weighted by Gasteiger charge is -2.06. The van der Waals surface area contributed by atoms with Gasteiger partial charge in [0.25, 0.3) is 0 Å². The van der Waals surface area contributed by atoms with Gasteiger partial charge in [0.1, 0.15) is 10.7 Å². The standard InChI is InChI=1S/C11H14N4O5S/c1-6-8(7(2)20-14-6)4-13-21(18,19)9-5-12-15(3)10(9)11(16)17/h5,13H,4H2,1-3H3,(H,16,17). The van der Waals surface area contributed by atoms with E-state index < -0.39 is 21.7 Å². The van der Waals surface area contributed by atoms with Crippen LogP contribution in [0, 0.1) is 13.8 Å². The van der Waals surface area contributed by atoms with Crippen molar-refractivity contribution in [2.24, 2.45) is 7.05 Å². The van der Waals surface area contributed by atoms with Gasteiger partial charge in [-0.05, 0) is 13.8 Å². The minimum atomic E-state index is -4.01. The summed E-state index contributed by atoms with van der Waals surface area (Å²) >= 11 is 0. The Hall–Kier alpha value is -2.20. The molecule has 0 spiro atoms. The summed E-state index contributed by atoms with van der Waals surface area (Å²) in [6, 6.07) is 0. The van der Waals surface area contributed by atoms with Gasteiger partial charge in [-0.15, -0.1) is 0 Å². The topological polar surface area (TPSA) is 127 Å². The SMILES string of the molecule is Cc1noc(C)c1CNS(=O)(=O)c1cnn(C)c1C(=O)O. The fourth-order valence-corrected chi connectivity index (χ4v) is 3.01. The van der Waals surface area contributed by atoms with Crippen LogP contribution in [-0.4, -0.2) is 34.4 Å². The van der Waals surface area contributed by atoms with Crippen molar-refractivity contribution >= 4 is 16.0 Å². The van der Waals surface area contributed by atoms with Crippen LogP contribution in [-0.2, 0) is 23.6 Å². The summed E-state index contributed by atoms with van der Waals surface area (Å²) in [5, 5.41) is 16.5. The molecule has 0 atom stereocenters. The number of rotatable bonds is 5. The van der Waals surface area contributed by atoms with Crippen LogP contribution in [0.2, 0.25) is 0 Å². The molecule has 0 unspecified atom stereocenters. The van der Waals surface area contributed by atoms with Crippen LogP contribution in [0.3, 0.4) is 0 Å². The summed E-state index contributed by atoms with van der Waals surface area (Å²) in [6.45, 7) is 3.31. The van der Waals surface area contributed by atoms with Gasteiger partial charge in [0.2, 0.25) is 10.0 Å².